The van der Waals surface area contributed by atoms with Crippen LogP contribution in [0.4, 0.5) is 0 Å². The number of rotatable bonds is 5. The fourth-order valence-electron chi connectivity index (χ4n) is 2.87. The minimum Gasteiger partial charge on any atom is -0.490 e. The van der Waals surface area contributed by atoms with Gasteiger partial charge in [0, 0.05) is 18.2 Å². The molecule has 2 fully saturated rings. The van der Waals surface area contributed by atoms with E-state index in [1.165, 1.54) is 56.1 Å². The molecule has 0 aliphatic heterocycles. The molecule has 2 aliphatic carbocycles. The molecule has 0 amide bonds. The third-order valence-electron chi connectivity index (χ3n) is 4.22. The second kappa shape index (κ2) is 5.96. The second-order valence-electron chi connectivity index (χ2n) is 6.14. The van der Waals surface area contributed by atoms with Gasteiger partial charge >= 0.3 is 0 Å². The van der Waals surface area contributed by atoms with E-state index in [1.807, 2.05) is 0 Å². The molecule has 0 saturated heterocycles. The molecule has 2 heteroatoms. The Kier molecular flexibility index (Phi) is 4.07. The summed E-state index contributed by atoms with van der Waals surface area (Å²) in [6.45, 7) is 3.11. The zero-order chi connectivity index (χ0) is 13.1. The lowest BCUT2D eigenvalue weighted by Crippen LogP contribution is -2.22. The first-order chi connectivity index (χ1) is 9.31. The fraction of sp³-hybridized carbons (Fsp3) is 0.647. The summed E-state index contributed by atoms with van der Waals surface area (Å²) in [7, 11) is 0. The molecule has 1 N–H and O–H groups in total. The van der Waals surface area contributed by atoms with Crippen LogP contribution in [0.15, 0.2) is 18.2 Å². The number of benzene rings is 1. The summed E-state index contributed by atoms with van der Waals surface area (Å²) in [5, 5.41) is 3.60. The molecule has 0 atom stereocenters. The Hall–Kier alpha value is -1.02. The number of ether oxygens (including phenoxy) is 1. The standard InChI is InChI=1S/C17H25NO/c1-13-7-10-17(19-16-5-3-2-4-6-16)14(11-13)12-18-15-8-9-15/h7,10-11,15-16,18H,2-6,8-9,12H2,1H3. The summed E-state index contributed by atoms with van der Waals surface area (Å²) >= 11 is 0. The van der Waals surface area contributed by atoms with Crippen molar-refractivity contribution in [3.63, 3.8) is 0 Å². The van der Waals surface area contributed by atoms with Gasteiger partial charge in [-0.3, -0.25) is 0 Å². The molecular weight excluding hydrogens is 234 g/mol. The minimum atomic E-state index is 0.441. The fourth-order valence-corrected chi connectivity index (χ4v) is 2.87. The summed E-state index contributed by atoms with van der Waals surface area (Å²) < 4.78 is 6.25. The van der Waals surface area contributed by atoms with Crippen molar-refractivity contribution in [2.75, 3.05) is 0 Å². The summed E-state index contributed by atoms with van der Waals surface area (Å²) in [5.41, 5.74) is 2.65. The lowest BCUT2D eigenvalue weighted by molar-refractivity contribution is 0.153. The molecule has 19 heavy (non-hydrogen) atoms. The number of hydrogen-bond acceptors (Lipinski definition) is 2. The van der Waals surface area contributed by atoms with Crippen molar-refractivity contribution in [1.29, 1.82) is 0 Å². The molecule has 0 unspecified atom stereocenters. The molecule has 0 bridgehead atoms. The summed E-state index contributed by atoms with van der Waals surface area (Å²) in [4.78, 5) is 0. The van der Waals surface area contributed by atoms with E-state index in [-0.39, 0.29) is 0 Å². The molecule has 1 aromatic carbocycles. The highest BCUT2D eigenvalue weighted by Crippen LogP contribution is 2.28. The van der Waals surface area contributed by atoms with Crippen LogP contribution in [-0.4, -0.2) is 12.1 Å². The molecular formula is C17H25NO. The molecule has 2 aliphatic rings. The maximum absolute atomic E-state index is 6.25. The maximum Gasteiger partial charge on any atom is 0.124 e. The van der Waals surface area contributed by atoms with Crippen molar-refractivity contribution >= 4 is 0 Å². The van der Waals surface area contributed by atoms with Gasteiger partial charge in [-0.25, -0.2) is 0 Å². The average Bonchev–Trinajstić information content (AvgIpc) is 3.24. The quantitative estimate of drug-likeness (QED) is 0.864. The van der Waals surface area contributed by atoms with Crippen molar-refractivity contribution < 1.29 is 4.74 Å². The molecule has 0 heterocycles. The topological polar surface area (TPSA) is 21.3 Å². The predicted molar refractivity (Wildman–Crippen MR) is 78.5 cm³/mol. The van der Waals surface area contributed by atoms with Crippen LogP contribution >= 0.6 is 0 Å². The van der Waals surface area contributed by atoms with E-state index in [2.05, 4.69) is 30.4 Å². The van der Waals surface area contributed by atoms with Crippen molar-refractivity contribution in [2.24, 2.45) is 0 Å². The average molecular weight is 259 g/mol. The summed E-state index contributed by atoms with van der Waals surface area (Å²) in [5.74, 6) is 1.10. The van der Waals surface area contributed by atoms with Crippen molar-refractivity contribution in [3.05, 3.63) is 29.3 Å². The highest BCUT2D eigenvalue weighted by Gasteiger charge is 2.21. The van der Waals surface area contributed by atoms with E-state index >= 15 is 0 Å². The molecule has 0 aromatic heterocycles. The van der Waals surface area contributed by atoms with Gasteiger partial charge in [0.2, 0.25) is 0 Å². The lowest BCUT2D eigenvalue weighted by Gasteiger charge is -2.24. The van der Waals surface area contributed by atoms with Crippen LogP contribution in [-0.2, 0) is 6.54 Å². The van der Waals surface area contributed by atoms with E-state index in [4.69, 9.17) is 4.74 Å². The largest absolute Gasteiger partial charge is 0.490 e. The number of aryl methyl sites for hydroxylation is 1. The van der Waals surface area contributed by atoms with Gasteiger partial charge in [0.25, 0.3) is 0 Å². The van der Waals surface area contributed by atoms with E-state index in [0.717, 1.165) is 18.3 Å². The van der Waals surface area contributed by atoms with Crippen LogP contribution in [0.5, 0.6) is 5.75 Å². The number of hydrogen-bond donors (Lipinski definition) is 1. The number of nitrogens with one attached hydrogen (secondary N) is 1. The molecule has 0 radical (unpaired) electrons. The normalized spacial score (nSPS) is 20.5. The first-order valence-corrected chi connectivity index (χ1v) is 7.81. The zero-order valence-corrected chi connectivity index (χ0v) is 12.0. The van der Waals surface area contributed by atoms with Gasteiger partial charge in [0.15, 0.2) is 0 Å². The SMILES string of the molecule is Cc1ccc(OC2CCCCC2)c(CNC2CC2)c1. The highest BCUT2D eigenvalue weighted by molar-refractivity contribution is 5.37. The molecule has 2 saturated carbocycles. The molecule has 104 valence electrons. The third-order valence-corrected chi connectivity index (χ3v) is 4.22. The Labute approximate surface area is 116 Å². The van der Waals surface area contributed by atoms with Crippen LogP contribution in [0.2, 0.25) is 0 Å². The smallest absolute Gasteiger partial charge is 0.124 e. The van der Waals surface area contributed by atoms with Gasteiger partial charge in [-0.05, 0) is 51.5 Å². The van der Waals surface area contributed by atoms with Crippen LogP contribution in [0, 0.1) is 6.92 Å². The summed E-state index contributed by atoms with van der Waals surface area (Å²) in [6, 6.07) is 7.35. The van der Waals surface area contributed by atoms with Gasteiger partial charge in [0.05, 0.1) is 6.10 Å². The van der Waals surface area contributed by atoms with Gasteiger partial charge in [-0.2, -0.15) is 0 Å². The third kappa shape index (κ3) is 3.73. The van der Waals surface area contributed by atoms with E-state index in [0.29, 0.717) is 6.10 Å². The van der Waals surface area contributed by atoms with Crippen molar-refractivity contribution in [2.45, 2.75) is 70.6 Å². The van der Waals surface area contributed by atoms with Crippen molar-refractivity contribution in [3.8, 4) is 5.75 Å². The van der Waals surface area contributed by atoms with E-state index < -0.39 is 0 Å². The predicted octanol–water partition coefficient (Wildman–Crippen LogP) is 3.96. The van der Waals surface area contributed by atoms with E-state index in [9.17, 15) is 0 Å². The molecule has 1 aromatic rings. The van der Waals surface area contributed by atoms with Crippen LogP contribution in [0.3, 0.4) is 0 Å². The van der Waals surface area contributed by atoms with Gasteiger partial charge in [0.1, 0.15) is 5.75 Å². The van der Waals surface area contributed by atoms with Gasteiger partial charge < -0.3 is 10.1 Å². The highest BCUT2D eigenvalue weighted by atomic mass is 16.5. The Morgan fingerprint density at radius 3 is 2.63 bits per heavy atom. The molecule has 2 nitrogen and oxygen atoms in total. The Morgan fingerprint density at radius 2 is 1.89 bits per heavy atom. The second-order valence-corrected chi connectivity index (χ2v) is 6.14. The first-order valence-electron chi connectivity index (χ1n) is 7.81. The molecule has 3 rings (SSSR count). The molecule has 0 spiro atoms. The Morgan fingerprint density at radius 1 is 1.11 bits per heavy atom. The van der Waals surface area contributed by atoms with Crippen LogP contribution in [0.25, 0.3) is 0 Å². The van der Waals surface area contributed by atoms with Gasteiger partial charge in [-0.1, -0.05) is 24.1 Å². The van der Waals surface area contributed by atoms with Gasteiger partial charge in [-0.15, -0.1) is 0 Å². The Bertz CT molecular complexity index is 419. The maximum atomic E-state index is 6.25. The van der Waals surface area contributed by atoms with E-state index in [1.54, 1.807) is 0 Å². The lowest BCUT2D eigenvalue weighted by atomic mass is 9.97. The zero-order valence-electron chi connectivity index (χ0n) is 12.0. The van der Waals surface area contributed by atoms with Crippen LogP contribution < -0.4 is 10.1 Å². The monoisotopic (exact) mass is 259 g/mol. The van der Waals surface area contributed by atoms with Crippen LogP contribution in [0.1, 0.15) is 56.1 Å². The van der Waals surface area contributed by atoms with Crippen molar-refractivity contribution in [1.82, 2.24) is 5.32 Å². The Balaban J connectivity index is 1.66. The first kappa shape index (κ1) is 13.0. The summed E-state index contributed by atoms with van der Waals surface area (Å²) in [6.07, 6.45) is 9.60. The minimum absolute atomic E-state index is 0.441.